The molecule has 0 saturated heterocycles. The molecule has 7 heteroatoms. The van der Waals surface area contributed by atoms with E-state index in [1.807, 2.05) is 25.2 Å². The number of ether oxygens (including phenoxy) is 2. The van der Waals surface area contributed by atoms with Gasteiger partial charge in [-0.2, -0.15) is 5.10 Å². The van der Waals surface area contributed by atoms with Gasteiger partial charge < -0.3 is 15.2 Å². The van der Waals surface area contributed by atoms with Gasteiger partial charge in [0.05, 0.1) is 14.2 Å². The van der Waals surface area contributed by atoms with Crippen LogP contribution in [-0.2, 0) is 7.05 Å². The molecule has 0 aliphatic carbocycles. The van der Waals surface area contributed by atoms with Crippen molar-refractivity contribution in [1.82, 2.24) is 14.8 Å². The van der Waals surface area contributed by atoms with Gasteiger partial charge in [-0.25, -0.2) is 9.67 Å². The number of aromatic nitrogens is 3. The highest BCUT2D eigenvalue weighted by Crippen LogP contribution is 2.30. The number of nitrogens with two attached hydrogens (primary N) is 1. The van der Waals surface area contributed by atoms with Crippen LogP contribution in [0.4, 0.5) is 0 Å². The Labute approximate surface area is 122 Å². The maximum Gasteiger partial charge on any atom is 0.185 e. The minimum Gasteiger partial charge on any atom is -0.493 e. The fourth-order valence-electron chi connectivity index (χ4n) is 1.76. The van der Waals surface area contributed by atoms with Crippen molar-refractivity contribution in [3.63, 3.8) is 0 Å². The van der Waals surface area contributed by atoms with Gasteiger partial charge >= 0.3 is 0 Å². The lowest BCUT2D eigenvalue weighted by molar-refractivity contribution is 0.354. The SMILES string of the molecule is COc1ccc(C(N)CSc2ncnn2C)cc1OC. The van der Waals surface area contributed by atoms with Gasteiger partial charge in [0.1, 0.15) is 6.33 Å². The molecule has 0 fully saturated rings. The van der Waals surface area contributed by atoms with E-state index in [9.17, 15) is 0 Å². The van der Waals surface area contributed by atoms with E-state index in [0.29, 0.717) is 17.3 Å². The number of methoxy groups -OCH3 is 2. The van der Waals surface area contributed by atoms with Gasteiger partial charge in [0.2, 0.25) is 0 Å². The van der Waals surface area contributed by atoms with E-state index in [1.54, 1.807) is 30.7 Å². The van der Waals surface area contributed by atoms with E-state index >= 15 is 0 Å². The third-order valence-electron chi connectivity index (χ3n) is 2.90. The van der Waals surface area contributed by atoms with Crippen LogP contribution in [0, 0.1) is 0 Å². The molecule has 1 unspecified atom stereocenters. The number of benzene rings is 1. The molecule has 1 aromatic carbocycles. The molecule has 0 spiro atoms. The highest BCUT2D eigenvalue weighted by molar-refractivity contribution is 7.99. The predicted octanol–water partition coefficient (Wildman–Crippen LogP) is 1.62. The number of hydrogen-bond donors (Lipinski definition) is 1. The van der Waals surface area contributed by atoms with Crippen LogP contribution in [0.3, 0.4) is 0 Å². The molecule has 0 bridgehead atoms. The molecule has 2 aromatic rings. The molecular weight excluding hydrogens is 276 g/mol. The zero-order chi connectivity index (χ0) is 14.5. The topological polar surface area (TPSA) is 75.2 Å². The number of nitrogens with zero attached hydrogens (tertiary/aromatic N) is 3. The van der Waals surface area contributed by atoms with Crippen molar-refractivity contribution in [2.75, 3.05) is 20.0 Å². The summed E-state index contributed by atoms with van der Waals surface area (Å²) in [5, 5.41) is 4.87. The maximum atomic E-state index is 6.20. The normalized spacial score (nSPS) is 12.2. The van der Waals surface area contributed by atoms with Gasteiger partial charge in [-0.15, -0.1) is 0 Å². The largest absolute Gasteiger partial charge is 0.493 e. The summed E-state index contributed by atoms with van der Waals surface area (Å²) < 4.78 is 12.2. The van der Waals surface area contributed by atoms with Crippen molar-refractivity contribution >= 4 is 11.8 Å². The Bertz CT molecular complexity index is 573. The summed E-state index contributed by atoms with van der Waals surface area (Å²) in [5.74, 6) is 2.09. The monoisotopic (exact) mass is 294 g/mol. The van der Waals surface area contributed by atoms with E-state index in [4.69, 9.17) is 15.2 Å². The van der Waals surface area contributed by atoms with Crippen molar-refractivity contribution in [3.05, 3.63) is 30.1 Å². The Morgan fingerprint density at radius 3 is 2.65 bits per heavy atom. The summed E-state index contributed by atoms with van der Waals surface area (Å²) in [6.45, 7) is 0. The van der Waals surface area contributed by atoms with Crippen LogP contribution in [0.15, 0.2) is 29.7 Å². The molecule has 20 heavy (non-hydrogen) atoms. The molecule has 0 radical (unpaired) electrons. The first-order valence-electron chi connectivity index (χ1n) is 6.10. The lowest BCUT2D eigenvalue weighted by Crippen LogP contribution is -2.13. The van der Waals surface area contributed by atoms with Crippen LogP contribution in [0.5, 0.6) is 11.5 Å². The molecule has 1 aromatic heterocycles. The quantitative estimate of drug-likeness (QED) is 0.816. The summed E-state index contributed by atoms with van der Waals surface area (Å²) in [7, 11) is 5.08. The highest BCUT2D eigenvalue weighted by atomic mass is 32.2. The third-order valence-corrected chi connectivity index (χ3v) is 4.05. The van der Waals surface area contributed by atoms with Crippen LogP contribution in [0.2, 0.25) is 0 Å². The van der Waals surface area contributed by atoms with Crippen molar-refractivity contribution in [1.29, 1.82) is 0 Å². The van der Waals surface area contributed by atoms with E-state index in [-0.39, 0.29) is 6.04 Å². The fraction of sp³-hybridized carbons (Fsp3) is 0.385. The highest BCUT2D eigenvalue weighted by Gasteiger charge is 2.12. The second-order valence-corrected chi connectivity index (χ2v) is 5.19. The molecule has 1 heterocycles. The van der Waals surface area contributed by atoms with E-state index < -0.39 is 0 Å². The summed E-state index contributed by atoms with van der Waals surface area (Å²) >= 11 is 1.57. The van der Waals surface area contributed by atoms with Crippen LogP contribution >= 0.6 is 11.8 Å². The van der Waals surface area contributed by atoms with Gasteiger partial charge in [0, 0.05) is 18.8 Å². The van der Waals surface area contributed by atoms with Gasteiger partial charge in [-0.1, -0.05) is 17.8 Å². The molecule has 1 atom stereocenters. The zero-order valence-corrected chi connectivity index (χ0v) is 12.6. The number of rotatable bonds is 6. The molecule has 0 amide bonds. The van der Waals surface area contributed by atoms with Crippen molar-refractivity contribution in [2.24, 2.45) is 12.8 Å². The lowest BCUT2D eigenvalue weighted by Gasteiger charge is -2.14. The Kier molecular flexibility index (Phi) is 4.86. The van der Waals surface area contributed by atoms with E-state index in [2.05, 4.69) is 10.1 Å². The van der Waals surface area contributed by atoms with Gasteiger partial charge in [0.25, 0.3) is 0 Å². The molecule has 108 valence electrons. The van der Waals surface area contributed by atoms with Crippen molar-refractivity contribution in [3.8, 4) is 11.5 Å². The van der Waals surface area contributed by atoms with Gasteiger partial charge in [-0.05, 0) is 17.7 Å². The minimum absolute atomic E-state index is 0.114. The first-order valence-corrected chi connectivity index (χ1v) is 7.08. The van der Waals surface area contributed by atoms with Crippen LogP contribution in [-0.4, -0.2) is 34.7 Å². The maximum absolute atomic E-state index is 6.20. The number of thioether (sulfide) groups is 1. The number of hydrogen-bond acceptors (Lipinski definition) is 6. The average Bonchev–Trinajstić information content (AvgIpc) is 2.89. The van der Waals surface area contributed by atoms with Crippen LogP contribution < -0.4 is 15.2 Å². The van der Waals surface area contributed by atoms with E-state index in [0.717, 1.165) is 10.7 Å². The van der Waals surface area contributed by atoms with Crippen LogP contribution in [0.1, 0.15) is 11.6 Å². The summed E-state index contributed by atoms with van der Waals surface area (Å²) in [6.07, 6.45) is 1.53. The first-order chi connectivity index (χ1) is 9.65. The lowest BCUT2D eigenvalue weighted by atomic mass is 10.1. The Morgan fingerprint density at radius 2 is 2.05 bits per heavy atom. The summed E-state index contributed by atoms with van der Waals surface area (Å²) in [5.41, 5.74) is 7.20. The second kappa shape index (κ2) is 6.62. The molecule has 2 rings (SSSR count). The second-order valence-electron chi connectivity index (χ2n) is 4.20. The van der Waals surface area contributed by atoms with E-state index in [1.165, 1.54) is 6.33 Å². The molecule has 0 saturated carbocycles. The standard InChI is InChI=1S/C13H18N4O2S/c1-17-13(15-8-16-17)20-7-10(14)9-4-5-11(18-2)12(6-9)19-3/h4-6,8,10H,7,14H2,1-3H3. The van der Waals surface area contributed by atoms with Crippen LogP contribution in [0.25, 0.3) is 0 Å². The molecule has 0 aliphatic heterocycles. The molecule has 0 aliphatic rings. The average molecular weight is 294 g/mol. The first kappa shape index (κ1) is 14.7. The van der Waals surface area contributed by atoms with Crippen molar-refractivity contribution in [2.45, 2.75) is 11.2 Å². The summed E-state index contributed by atoms with van der Waals surface area (Å²) in [4.78, 5) is 4.16. The Morgan fingerprint density at radius 1 is 1.30 bits per heavy atom. The van der Waals surface area contributed by atoms with Crippen molar-refractivity contribution < 1.29 is 9.47 Å². The third kappa shape index (κ3) is 3.23. The molecule has 2 N–H and O–H groups in total. The minimum atomic E-state index is -0.114. The van der Waals surface area contributed by atoms with Gasteiger partial charge in [-0.3, -0.25) is 0 Å². The molecular formula is C13H18N4O2S. The zero-order valence-electron chi connectivity index (χ0n) is 11.7. The molecule has 6 nitrogen and oxygen atoms in total. The summed E-state index contributed by atoms with van der Waals surface area (Å²) in [6, 6.07) is 5.60. The fourth-order valence-corrected chi connectivity index (χ4v) is 2.64. The smallest absolute Gasteiger partial charge is 0.185 e. The van der Waals surface area contributed by atoms with Gasteiger partial charge in [0.15, 0.2) is 16.7 Å². The predicted molar refractivity (Wildman–Crippen MR) is 78.2 cm³/mol. The Balaban J connectivity index is 2.05. The number of aryl methyl sites for hydroxylation is 1. The Hall–Kier alpha value is -1.73.